The van der Waals surface area contributed by atoms with Gasteiger partial charge < -0.3 is 14.4 Å². The van der Waals surface area contributed by atoms with Crippen molar-refractivity contribution in [1.29, 1.82) is 0 Å². The number of fused-ring (bicyclic) bond motifs is 1. The molecular weight excluding hydrogens is 534 g/mol. The van der Waals surface area contributed by atoms with Crippen molar-refractivity contribution in [1.82, 2.24) is 19.2 Å². The highest BCUT2D eigenvalue weighted by molar-refractivity contribution is 7.89. The number of methoxy groups -OCH3 is 2. The van der Waals surface area contributed by atoms with Gasteiger partial charge in [0.25, 0.3) is 20.1 Å². The molecule has 0 N–H and O–H groups in total. The van der Waals surface area contributed by atoms with Crippen molar-refractivity contribution in [3.05, 3.63) is 72.7 Å². The topological polar surface area (TPSA) is 143 Å². The fraction of sp³-hybridized carbons (Fsp3) is 0.292. The summed E-state index contributed by atoms with van der Waals surface area (Å²) in [5.41, 5.74) is 3.45. The van der Waals surface area contributed by atoms with E-state index in [2.05, 4.69) is 21.6 Å². The SMILES string of the molecule is C=C(C=C(C=C(C)N(CCOS(C)(=O)=O)c1ccc2ncc(-c3cnn(S(C)(=O)=O)c3)nc2c1)OC)OC. The van der Waals surface area contributed by atoms with E-state index in [-0.39, 0.29) is 13.2 Å². The summed E-state index contributed by atoms with van der Waals surface area (Å²) in [5, 5.41) is 3.88. The highest BCUT2D eigenvalue weighted by Gasteiger charge is 2.15. The second-order valence-corrected chi connectivity index (χ2v) is 11.7. The van der Waals surface area contributed by atoms with E-state index in [4.69, 9.17) is 13.7 Å². The van der Waals surface area contributed by atoms with Gasteiger partial charge in [0.05, 0.1) is 68.7 Å². The second kappa shape index (κ2) is 11.8. The summed E-state index contributed by atoms with van der Waals surface area (Å²) in [6.45, 7) is 5.69. The third kappa shape index (κ3) is 7.63. The number of anilines is 1. The zero-order chi connectivity index (χ0) is 28.1. The van der Waals surface area contributed by atoms with Gasteiger partial charge in [-0.2, -0.15) is 17.6 Å². The molecule has 0 saturated carbocycles. The van der Waals surface area contributed by atoms with Gasteiger partial charge in [-0.3, -0.25) is 9.17 Å². The van der Waals surface area contributed by atoms with Gasteiger partial charge in [0.1, 0.15) is 11.5 Å². The molecule has 0 spiro atoms. The molecule has 0 aliphatic rings. The summed E-state index contributed by atoms with van der Waals surface area (Å²) < 4.78 is 63.0. The van der Waals surface area contributed by atoms with Crippen LogP contribution in [0.5, 0.6) is 0 Å². The molecule has 0 radical (unpaired) electrons. The maximum atomic E-state index is 11.8. The van der Waals surface area contributed by atoms with Gasteiger partial charge in [0, 0.05) is 29.6 Å². The molecule has 0 saturated heterocycles. The van der Waals surface area contributed by atoms with Gasteiger partial charge in [0.2, 0.25) is 0 Å². The Kier molecular flexibility index (Phi) is 8.91. The summed E-state index contributed by atoms with van der Waals surface area (Å²) in [7, 11) is -4.17. The number of aromatic nitrogens is 4. The third-order valence-corrected chi connectivity index (χ3v) is 6.70. The predicted octanol–water partition coefficient (Wildman–Crippen LogP) is 2.68. The van der Waals surface area contributed by atoms with Crippen LogP contribution < -0.4 is 4.90 Å². The number of ether oxygens (including phenoxy) is 2. The summed E-state index contributed by atoms with van der Waals surface area (Å²) in [5.74, 6) is 0.861. The van der Waals surface area contributed by atoms with Crippen LogP contribution in [0, 0.1) is 0 Å². The van der Waals surface area contributed by atoms with Crippen molar-refractivity contribution in [3.63, 3.8) is 0 Å². The molecule has 14 heteroatoms. The predicted molar refractivity (Wildman–Crippen MR) is 144 cm³/mol. The Balaban J connectivity index is 2.04. The maximum Gasteiger partial charge on any atom is 0.264 e. The van der Waals surface area contributed by atoms with Crippen LogP contribution in [0.15, 0.2) is 72.7 Å². The molecule has 0 atom stereocenters. The third-order valence-electron chi connectivity index (χ3n) is 5.22. The monoisotopic (exact) mass is 563 g/mol. The van der Waals surface area contributed by atoms with Crippen LogP contribution in [0.4, 0.5) is 5.69 Å². The number of benzene rings is 1. The van der Waals surface area contributed by atoms with Crippen molar-refractivity contribution in [2.75, 3.05) is 44.8 Å². The molecule has 1 aromatic carbocycles. The van der Waals surface area contributed by atoms with E-state index in [0.29, 0.717) is 45.2 Å². The molecule has 38 heavy (non-hydrogen) atoms. The zero-order valence-electron chi connectivity index (χ0n) is 21.7. The lowest BCUT2D eigenvalue weighted by atomic mass is 10.2. The van der Waals surface area contributed by atoms with E-state index in [0.717, 1.165) is 16.6 Å². The summed E-state index contributed by atoms with van der Waals surface area (Å²) in [6.07, 6.45) is 9.70. The standard InChI is InChI=1S/C24H29N5O7S2/c1-17(11-21(35-4)12-18(2)34-3)28(9-10-36-38(6,32)33)20-7-8-22-23(13-20)27-24(15-25-22)19-14-26-29(16-19)37(5,30)31/h7-8,11-16H,2,9-10H2,1,3-6H3. The van der Waals surface area contributed by atoms with Gasteiger partial charge in [0.15, 0.2) is 0 Å². The van der Waals surface area contributed by atoms with Crippen molar-refractivity contribution in [2.45, 2.75) is 6.92 Å². The first-order chi connectivity index (χ1) is 17.8. The lowest BCUT2D eigenvalue weighted by Gasteiger charge is -2.26. The minimum atomic E-state index is -3.64. The Morgan fingerprint density at radius 2 is 1.82 bits per heavy atom. The van der Waals surface area contributed by atoms with Crippen LogP contribution in [0.2, 0.25) is 0 Å². The van der Waals surface area contributed by atoms with Gasteiger partial charge in [-0.25, -0.2) is 13.4 Å². The Labute approximate surface area is 222 Å². The van der Waals surface area contributed by atoms with Crippen LogP contribution >= 0.6 is 0 Å². The highest BCUT2D eigenvalue weighted by atomic mass is 32.2. The molecule has 0 unspecified atom stereocenters. The molecule has 0 bridgehead atoms. The molecule has 12 nitrogen and oxygen atoms in total. The number of allylic oxidation sites excluding steroid dienone is 3. The smallest absolute Gasteiger partial charge is 0.264 e. The molecule has 3 aromatic rings. The van der Waals surface area contributed by atoms with E-state index >= 15 is 0 Å². The maximum absolute atomic E-state index is 11.8. The summed E-state index contributed by atoms with van der Waals surface area (Å²) in [6, 6.07) is 5.38. The Bertz CT molecular complexity index is 1610. The molecule has 0 fully saturated rings. The molecule has 204 valence electrons. The summed E-state index contributed by atoms with van der Waals surface area (Å²) in [4.78, 5) is 10.9. The Morgan fingerprint density at radius 1 is 1.08 bits per heavy atom. The van der Waals surface area contributed by atoms with Crippen LogP contribution in [-0.4, -0.2) is 75.9 Å². The summed E-state index contributed by atoms with van der Waals surface area (Å²) >= 11 is 0. The Hall–Kier alpha value is -3.75. The van der Waals surface area contributed by atoms with Gasteiger partial charge in [-0.05, 0) is 31.2 Å². The molecule has 0 aliphatic heterocycles. The molecular formula is C24H29N5O7S2. The first-order valence-electron chi connectivity index (χ1n) is 11.1. The largest absolute Gasteiger partial charge is 0.497 e. The number of hydrogen-bond acceptors (Lipinski definition) is 11. The van der Waals surface area contributed by atoms with Gasteiger partial charge in [-0.1, -0.05) is 6.58 Å². The minimum absolute atomic E-state index is 0.102. The second-order valence-electron chi connectivity index (χ2n) is 8.18. The van der Waals surface area contributed by atoms with Crippen molar-refractivity contribution >= 4 is 36.9 Å². The van der Waals surface area contributed by atoms with Crippen LogP contribution in [0.25, 0.3) is 22.3 Å². The number of hydrogen-bond donors (Lipinski definition) is 0. The fourth-order valence-corrected chi connectivity index (χ4v) is 4.28. The highest BCUT2D eigenvalue weighted by Crippen LogP contribution is 2.26. The molecule has 2 aromatic heterocycles. The average Bonchev–Trinajstić information content (AvgIpc) is 3.36. The van der Waals surface area contributed by atoms with E-state index in [1.807, 2.05) is 17.9 Å². The van der Waals surface area contributed by atoms with Gasteiger partial charge >= 0.3 is 0 Å². The number of nitrogens with zero attached hydrogens (tertiary/aromatic N) is 5. The first kappa shape index (κ1) is 28.8. The minimum Gasteiger partial charge on any atom is -0.497 e. The van der Waals surface area contributed by atoms with Crippen molar-refractivity contribution in [3.8, 4) is 11.3 Å². The van der Waals surface area contributed by atoms with Crippen molar-refractivity contribution < 1.29 is 30.5 Å². The van der Waals surface area contributed by atoms with Crippen LogP contribution in [0.3, 0.4) is 0 Å². The average molecular weight is 564 g/mol. The lowest BCUT2D eigenvalue weighted by Crippen LogP contribution is -2.26. The number of rotatable bonds is 12. The normalized spacial score (nSPS) is 13.0. The van der Waals surface area contributed by atoms with E-state index in [1.54, 1.807) is 24.3 Å². The fourth-order valence-electron chi connectivity index (χ4n) is 3.38. The van der Waals surface area contributed by atoms with Crippen LogP contribution in [0.1, 0.15) is 6.92 Å². The lowest BCUT2D eigenvalue weighted by molar-refractivity contribution is 0.285. The molecule has 0 aliphatic carbocycles. The van der Waals surface area contributed by atoms with Crippen molar-refractivity contribution in [2.24, 2.45) is 0 Å². The van der Waals surface area contributed by atoms with Gasteiger partial charge in [-0.15, -0.1) is 0 Å². The molecule has 2 heterocycles. The van der Waals surface area contributed by atoms with E-state index in [1.165, 1.54) is 32.8 Å². The molecule has 3 rings (SSSR count). The van der Waals surface area contributed by atoms with Crippen LogP contribution in [-0.2, 0) is 33.8 Å². The quantitative estimate of drug-likeness (QED) is 0.182. The Morgan fingerprint density at radius 3 is 2.42 bits per heavy atom. The zero-order valence-corrected chi connectivity index (χ0v) is 23.3. The van der Waals surface area contributed by atoms with E-state index < -0.39 is 20.1 Å². The van der Waals surface area contributed by atoms with E-state index in [9.17, 15) is 16.8 Å². The molecule has 0 amide bonds. The first-order valence-corrected chi connectivity index (χ1v) is 14.8.